The average Bonchev–Trinajstić information content (AvgIpc) is 2.74. The number of benzene rings is 2. The van der Waals surface area contributed by atoms with E-state index < -0.39 is 11.9 Å². The van der Waals surface area contributed by atoms with E-state index in [1.807, 2.05) is 39.0 Å². The fourth-order valence-electron chi connectivity index (χ4n) is 2.27. The van der Waals surface area contributed by atoms with Crippen molar-refractivity contribution in [2.45, 2.75) is 52.9 Å². The highest BCUT2D eigenvalue weighted by Crippen LogP contribution is 2.08. The first-order valence-electron chi connectivity index (χ1n) is 9.91. The van der Waals surface area contributed by atoms with Crippen LogP contribution in [-0.4, -0.2) is 33.7 Å². The molecule has 0 fully saturated rings. The highest BCUT2D eigenvalue weighted by molar-refractivity contribution is 5.97. The summed E-state index contributed by atoms with van der Waals surface area (Å²) < 4.78 is 0. The summed E-state index contributed by atoms with van der Waals surface area (Å²) in [4.78, 5) is 43.3. The molecule has 30 heavy (non-hydrogen) atoms. The minimum atomic E-state index is -0.939. The summed E-state index contributed by atoms with van der Waals surface area (Å²) >= 11 is 0. The molecular weight excluding hydrogens is 384 g/mol. The number of rotatable bonds is 9. The topological polar surface area (TPSA) is 109 Å². The molecule has 0 unspecified atom stereocenters. The normalized spacial score (nSPS) is 9.30. The molecule has 2 N–H and O–H groups in total. The van der Waals surface area contributed by atoms with Crippen LogP contribution in [0.3, 0.4) is 0 Å². The van der Waals surface area contributed by atoms with Crippen molar-refractivity contribution in [3.05, 3.63) is 71.3 Å². The fraction of sp³-hybridized carbons (Fsp3) is 0.333. The van der Waals surface area contributed by atoms with Gasteiger partial charge in [-0.2, -0.15) is 0 Å². The van der Waals surface area contributed by atoms with E-state index in [4.69, 9.17) is 10.2 Å². The van der Waals surface area contributed by atoms with Crippen LogP contribution < -0.4 is 0 Å². The monoisotopic (exact) mass is 414 g/mol. The van der Waals surface area contributed by atoms with Gasteiger partial charge in [0.25, 0.3) is 0 Å². The van der Waals surface area contributed by atoms with Crippen molar-refractivity contribution in [3.63, 3.8) is 0 Å². The van der Waals surface area contributed by atoms with Gasteiger partial charge >= 0.3 is 11.9 Å². The van der Waals surface area contributed by atoms with E-state index in [2.05, 4.69) is 0 Å². The summed E-state index contributed by atoms with van der Waals surface area (Å²) in [7, 11) is 0. The van der Waals surface area contributed by atoms with Gasteiger partial charge < -0.3 is 10.2 Å². The first kappa shape index (κ1) is 26.7. The van der Waals surface area contributed by atoms with E-state index in [0.29, 0.717) is 24.0 Å². The number of aliphatic carboxylic acids is 2. The van der Waals surface area contributed by atoms with E-state index >= 15 is 0 Å². The molecule has 2 aromatic carbocycles. The lowest BCUT2D eigenvalue weighted by atomic mass is 10.1. The maximum Gasteiger partial charge on any atom is 0.303 e. The number of hydrogen-bond donors (Lipinski definition) is 2. The van der Waals surface area contributed by atoms with Crippen LogP contribution in [0.2, 0.25) is 0 Å². The lowest BCUT2D eigenvalue weighted by molar-refractivity contribution is -0.138. The van der Waals surface area contributed by atoms with E-state index in [1.54, 1.807) is 36.4 Å². The van der Waals surface area contributed by atoms with Crippen LogP contribution in [0.5, 0.6) is 0 Å². The predicted octanol–water partition coefficient (Wildman–Crippen LogP) is 5.19. The molecule has 0 radical (unpaired) electrons. The molecule has 0 saturated heterocycles. The minimum absolute atomic E-state index is 0.00634. The molecule has 2 rings (SSSR count). The Labute approximate surface area is 177 Å². The summed E-state index contributed by atoms with van der Waals surface area (Å²) in [6, 6.07) is 16.0. The van der Waals surface area contributed by atoms with Gasteiger partial charge in [0.1, 0.15) is 0 Å². The standard InChI is InChI=1S/2C11H12O3.C2H6/c1-8-2-4-9(5-3-8)10(12)6-7-11(13)14;12-10(7-4-8-11(13)14)9-5-2-1-3-6-9;1-2/h2-5H,6-7H2,1H3,(H,13,14);1-3,5-6H,4,7-8H2,(H,13,14);1-2H3. The Hall–Kier alpha value is -3.28. The number of carboxylic acid groups (broad SMARTS) is 2. The van der Waals surface area contributed by atoms with Crippen molar-refractivity contribution in [3.8, 4) is 0 Å². The van der Waals surface area contributed by atoms with E-state index in [0.717, 1.165) is 5.56 Å². The van der Waals surface area contributed by atoms with Crippen molar-refractivity contribution >= 4 is 23.5 Å². The molecule has 0 aliphatic rings. The van der Waals surface area contributed by atoms with Crippen LogP contribution >= 0.6 is 0 Å². The lowest BCUT2D eigenvalue weighted by Gasteiger charge is -1.99. The molecule has 0 aliphatic carbocycles. The molecule has 6 nitrogen and oxygen atoms in total. The smallest absolute Gasteiger partial charge is 0.303 e. The van der Waals surface area contributed by atoms with E-state index in [-0.39, 0.29) is 30.8 Å². The van der Waals surface area contributed by atoms with Gasteiger partial charge in [0.05, 0.1) is 6.42 Å². The number of Topliss-reactive ketones (excluding diaryl/α,β-unsaturated/α-hetero) is 2. The number of aryl methyl sites for hydroxylation is 1. The Kier molecular flexibility index (Phi) is 13.9. The third kappa shape index (κ3) is 12.2. The van der Waals surface area contributed by atoms with Crippen LogP contribution in [-0.2, 0) is 9.59 Å². The fourth-order valence-corrected chi connectivity index (χ4v) is 2.27. The maximum atomic E-state index is 11.4. The zero-order valence-corrected chi connectivity index (χ0v) is 17.8. The van der Waals surface area contributed by atoms with Gasteiger partial charge in [-0.1, -0.05) is 74.0 Å². The van der Waals surface area contributed by atoms with Gasteiger partial charge in [-0.15, -0.1) is 0 Å². The van der Waals surface area contributed by atoms with Crippen LogP contribution in [0, 0.1) is 6.92 Å². The van der Waals surface area contributed by atoms with Crippen molar-refractivity contribution in [1.29, 1.82) is 0 Å². The van der Waals surface area contributed by atoms with Crippen LogP contribution in [0.15, 0.2) is 54.6 Å². The molecule has 0 bridgehead atoms. The zero-order chi connectivity index (χ0) is 22.9. The predicted molar refractivity (Wildman–Crippen MR) is 116 cm³/mol. The molecule has 0 spiro atoms. The van der Waals surface area contributed by atoms with Crippen LogP contribution in [0.4, 0.5) is 0 Å². The molecule has 0 atom stereocenters. The molecule has 0 amide bonds. The lowest BCUT2D eigenvalue weighted by Crippen LogP contribution is -2.03. The Morgan fingerprint density at radius 3 is 1.60 bits per heavy atom. The van der Waals surface area contributed by atoms with Crippen LogP contribution in [0.1, 0.15) is 72.2 Å². The molecule has 0 aromatic heterocycles. The largest absolute Gasteiger partial charge is 0.481 e. The zero-order valence-electron chi connectivity index (χ0n) is 17.8. The van der Waals surface area contributed by atoms with Crippen molar-refractivity contribution in [1.82, 2.24) is 0 Å². The minimum Gasteiger partial charge on any atom is -0.481 e. The average molecular weight is 414 g/mol. The van der Waals surface area contributed by atoms with Gasteiger partial charge in [0.15, 0.2) is 11.6 Å². The van der Waals surface area contributed by atoms with Gasteiger partial charge in [-0.25, -0.2) is 0 Å². The summed E-state index contributed by atoms with van der Waals surface area (Å²) in [5.41, 5.74) is 2.31. The van der Waals surface area contributed by atoms with Crippen molar-refractivity contribution in [2.75, 3.05) is 0 Å². The first-order chi connectivity index (χ1) is 14.3. The number of carbonyl (C=O) groups is 4. The molecule has 0 saturated carbocycles. The molecule has 0 aliphatic heterocycles. The maximum absolute atomic E-state index is 11.4. The SMILES string of the molecule is CC.Cc1ccc(C(=O)CCC(=O)O)cc1.O=C(O)CCCC(=O)c1ccccc1. The first-order valence-corrected chi connectivity index (χ1v) is 9.91. The van der Waals surface area contributed by atoms with Crippen LogP contribution in [0.25, 0.3) is 0 Å². The molecular formula is C24H30O6. The van der Waals surface area contributed by atoms with Gasteiger partial charge in [-0.3, -0.25) is 19.2 Å². The summed E-state index contributed by atoms with van der Waals surface area (Å²) in [5, 5.41) is 16.8. The van der Waals surface area contributed by atoms with Gasteiger partial charge in [0, 0.05) is 30.4 Å². The summed E-state index contributed by atoms with van der Waals surface area (Å²) in [6.07, 6.45) is 0.725. The Morgan fingerprint density at radius 2 is 1.10 bits per heavy atom. The second kappa shape index (κ2) is 15.6. The quantitative estimate of drug-likeness (QED) is 0.546. The number of carboxylic acids is 2. The van der Waals surface area contributed by atoms with Crippen molar-refractivity contribution in [2.24, 2.45) is 0 Å². The Morgan fingerprint density at radius 1 is 0.633 bits per heavy atom. The third-order valence-corrected chi connectivity index (χ3v) is 3.83. The number of ketones is 2. The highest BCUT2D eigenvalue weighted by Gasteiger charge is 2.07. The summed E-state index contributed by atoms with van der Waals surface area (Å²) in [5.74, 6) is -1.91. The Bertz CT molecular complexity index is 794. The Balaban J connectivity index is 0.000000518. The second-order valence-electron chi connectivity index (χ2n) is 6.22. The summed E-state index contributed by atoms with van der Waals surface area (Å²) in [6.45, 7) is 5.94. The highest BCUT2D eigenvalue weighted by atomic mass is 16.4. The van der Waals surface area contributed by atoms with Gasteiger partial charge in [0.2, 0.25) is 0 Å². The van der Waals surface area contributed by atoms with Gasteiger partial charge in [-0.05, 0) is 13.3 Å². The number of hydrogen-bond acceptors (Lipinski definition) is 4. The number of carbonyl (C=O) groups excluding carboxylic acids is 2. The second-order valence-corrected chi connectivity index (χ2v) is 6.22. The molecule has 0 heterocycles. The van der Waals surface area contributed by atoms with E-state index in [1.165, 1.54) is 0 Å². The third-order valence-electron chi connectivity index (χ3n) is 3.83. The molecule has 6 heteroatoms. The van der Waals surface area contributed by atoms with E-state index in [9.17, 15) is 19.2 Å². The molecule has 2 aromatic rings. The molecule has 162 valence electrons. The van der Waals surface area contributed by atoms with Crippen molar-refractivity contribution < 1.29 is 29.4 Å².